The molecule has 1 saturated heterocycles. The van der Waals surface area contributed by atoms with Crippen LogP contribution in [0.1, 0.15) is 10.4 Å². The van der Waals surface area contributed by atoms with Gasteiger partial charge in [0.2, 0.25) is 0 Å². The van der Waals surface area contributed by atoms with Gasteiger partial charge >= 0.3 is 0 Å². The van der Waals surface area contributed by atoms with Crippen molar-refractivity contribution in [2.24, 2.45) is 0 Å². The third-order valence-corrected chi connectivity index (χ3v) is 3.01. The number of carbonyl (C=O) groups excluding carboxylic acids is 1. The molecule has 1 fully saturated rings. The van der Waals surface area contributed by atoms with Crippen molar-refractivity contribution in [1.82, 2.24) is 4.90 Å². The molecule has 80 valence electrons. The number of benzene rings is 1. The van der Waals surface area contributed by atoms with E-state index < -0.39 is 6.10 Å². The quantitative estimate of drug-likeness (QED) is 0.753. The summed E-state index contributed by atoms with van der Waals surface area (Å²) in [4.78, 5) is 13.3. The largest absolute Gasteiger partial charge is 0.507 e. The van der Waals surface area contributed by atoms with E-state index in [1.165, 1.54) is 11.0 Å². The minimum absolute atomic E-state index is 0.0122. The number of likely N-dealkylation sites (tertiary alicyclic amines) is 1. The van der Waals surface area contributed by atoms with E-state index in [4.69, 9.17) is 5.11 Å². The van der Waals surface area contributed by atoms with Crippen LogP contribution >= 0.6 is 22.6 Å². The molecule has 0 bridgehead atoms. The van der Waals surface area contributed by atoms with Crippen LogP contribution in [-0.4, -0.2) is 40.2 Å². The van der Waals surface area contributed by atoms with E-state index in [9.17, 15) is 9.90 Å². The first-order chi connectivity index (χ1) is 7.08. The molecule has 0 radical (unpaired) electrons. The number of carbonyl (C=O) groups is 1. The molecule has 0 atom stereocenters. The molecule has 0 aromatic heterocycles. The van der Waals surface area contributed by atoms with Crippen LogP contribution in [0.2, 0.25) is 0 Å². The van der Waals surface area contributed by atoms with Gasteiger partial charge in [-0.05, 0) is 40.8 Å². The van der Waals surface area contributed by atoms with Crippen molar-refractivity contribution in [3.8, 4) is 5.75 Å². The van der Waals surface area contributed by atoms with Gasteiger partial charge in [-0.3, -0.25) is 4.79 Å². The topological polar surface area (TPSA) is 60.8 Å². The summed E-state index contributed by atoms with van der Waals surface area (Å²) in [5.74, 6) is -0.238. The number of amides is 1. The zero-order chi connectivity index (χ0) is 11.0. The number of phenolic OH excluding ortho intramolecular Hbond substituents is 1. The maximum Gasteiger partial charge on any atom is 0.257 e. The summed E-state index contributed by atoms with van der Waals surface area (Å²) in [6.07, 6.45) is -0.418. The SMILES string of the molecule is O=C(c1cc(I)ccc1O)N1CC(O)C1. The molecule has 1 aliphatic heterocycles. The molecule has 5 heteroatoms. The average molecular weight is 319 g/mol. The predicted octanol–water partition coefficient (Wildman–Crippen LogP) is 0.813. The summed E-state index contributed by atoms with van der Waals surface area (Å²) in [5, 5.41) is 18.6. The molecule has 1 heterocycles. The van der Waals surface area contributed by atoms with E-state index >= 15 is 0 Å². The van der Waals surface area contributed by atoms with Crippen LogP contribution in [0.3, 0.4) is 0 Å². The zero-order valence-corrected chi connectivity index (χ0v) is 10.0. The smallest absolute Gasteiger partial charge is 0.257 e. The zero-order valence-electron chi connectivity index (χ0n) is 7.85. The summed E-state index contributed by atoms with van der Waals surface area (Å²) in [6, 6.07) is 4.88. The molecule has 1 aromatic carbocycles. The van der Waals surface area contributed by atoms with Gasteiger partial charge in [-0.25, -0.2) is 0 Å². The highest BCUT2D eigenvalue weighted by atomic mass is 127. The molecule has 1 aromatic rings. The van der Waals surface area contributed by atoms with Gasteiger partial charge in [0.1, 0.15) is 5.75 Å². The van der Waals surface area contributed by atoms with E-state index in [0.29, 0.717) is 18.7 Å². The molecule has 2 rings (SSSR count). The van der Waals surface area contributed by atoms with E-state index in [2.05, 4.69) is 22.6 Å². The molecule has 2 N–H and O–H groups in total. The Balaban J connectivity index is 2.22. The number of hydrogen-bond donors (Lipinski definition) is 2. The number of aliphatic hydroxyl groups excluding tert-OH is 1. The average Bonchev–Trinajstić information content (AvgIpc) is 2.16. The van der Waals surface area contributed by atoms with Crippen LogP contribution in [0.25, 0.3) is 0 Å². The van der Waals surface area contributed by atoms with Gasteiger partial charge in [0.25, 0.3) is 5.91 Å². The lowest BCUT2D eigenvalue weighted by atomic mass is 10.1. The minimum Gasteiger partial charge on any atom is -0.507 e. The number of rotatable bonds is 1. The highest BCUT2D eigenvalue weighted by Gasteiger charge is 2.30. The molecule has 1 aliphatic rings. The lowest BCUT2D eigenvalue weighted by Gasteiger charge is -2.35. The van der Waals surface area contributed by atoms with Gasteiger partial charge in [-0.15, -0.1) is 0 Å². The van der Waals surface area contributed by atoms with E-state index in [1.54, 1.807) is 12.1 Å². The van der Waals surface area contributed by atoms with Crippen LogP contribution in [-0.2, 0) is 0 Å². The van der Waals surface area contributed by atoms with Crippen molar-refractivity contribution < 1.29 is 15.0 Å². The molecule has 1 amide bonds. The Morgan fingerprint density at radius 1 is 1.47 bits per heavy atom. The van der Waals surface area contributed by atoms with Gasteiger partial charge in [-0.1, -0.05) is 0 Å². The Bertz CT molecular complexity index is 402. The van der Waals surface area contributed by atoms with Gasteiger partial charge in [0.05, 0.1) is 11.7 Å². The second kappa shape index (κ2) is 3.97. The lowest BCUT2D eigenvalue weighted by Crippen LogP contribution is -2.53. The van der Waals surface area contributed by atoms with Crippen LogP contribution in [0.5, 0.6) is 5.75 Å². The highest BCUT2D eigenvalue weighted by molar-refractivity contribution is 14.1. The minimum atomic E-state index is -0.418. The number of aromatic hydroxyl groups is 1. The van der Waals surface area contributed by atoms with Crippen LogP contribution < -0.4 is 0 Å². The van der Waals surface area contributed by atoms with Crippen LogP contribution in [0.4, 0.5) is 0 Å². The number of phenols is 1. The molecule has 0 unspecified atom stereocenters. The fraction of sp³-hybridized carbons (Fsp3) is 0.300. The van der Waals surface area contributed by atoms with Crippen molar-refractivity contribution in [3.05, 3.63) is 27.3 Å². The maximum absolute atomic E-state index is 11.8. The molecule has 0 spiro atoms. The Hall–Kier alpha value is -0.820. The summed E-state index contributed by atoms with van der Waals surface area (Å²) >= 11 is 2.08. The number of halogens is 1. The van der Waals surface area contributed by atoms with Gasteiger partial charge in [0.15, 0.2) is 0 Å². The summed E-state index contributed by atoms with van der Waals surface area (Å²) < 4.78 is 0.898. The summed E-state index contributed by atoms with van der Waals surface area (Å²) in [5.41, 5.74) is 0.300. The molecule has 15 heavy (non-hydrogen) atoms. The Labute approximate surface area is 101 Å². The van der Waals surface area contributed by atoms with Gasteiger partial charge in [0, 0.05) is 16.7 Å². The highest BCUT2D eigenvalue weighted by Crippen LogP contribution is 2.23. The van der Waals surface area contributed by atoms with Crippen molar-refractivity contribution in [3.63, 3.8) is 0 Å². The van der Waals surface area contributed by atoms with E-state index in [0.717, 1.165) is 3.57 Å². The third-order valence-electron chi connectivity index (χ3n) is 2.34. The standard InChI is InChI=1S/C10H10INO3/c11-6-1-2-9(14)8(3-6)10(15)12-4-7(13)5-12/h1-3,7,13-14H,4-5H2. The predicted molar refractivity (Wildman–Crippen MR) is 62.7 cm³/mol. The first kappa shape index (κ1) is 10.7. The molecular formula is C10H10INO3. The second-order valence-corrected chi connectivity index (χ2v) is 4.77. The van der Waals surface area contributed by atoms with Crippen molar-refractivity contribution in [2.45, 2.75) is 6.10 Å². The number of β-amino-alcohol motifs (C(OH)–C–C–N with tert-alkyl or cyclic N) is 1. The number of nitrogens with zero attached hydrogens (tertiary/aromatic N) is 1. The van der Waals surface area contributed by atoms with E-state index in [-0.39, 0.29) is 11.7 Å². The lowest BCUT2D eigenvalue weighted by molar-refractivity contribution is 0.00570. The van der Waals surface area contributed by atoms with Crippen LogP contribution in [0, 0.1) is 3.57 Å². The Morgan fingerprint density at radius 2 is 2.13 bits per heavy atom. The summed E-state index contributed by atoms with van der Waals surface area (Å²) in [6.45, 7) is 0.702. The van der Waals surface area contributed by atoms with Crippen molar-refractivity contribution in [1.29, 1.82) is 0 Å². The van der Waals surface area contributed by atoms with Gasteiger partial charge in [-0.2, -0.15) is 0 Å². The Morgan fingerprint density at radius 3 is 2.73 bits per heavy atom. The third kappa shape index (κ3) is 2.07. The second-order valence-electron chi connectivity index (χ2n) is 3.53. The molecular weight excluding hydrogens is 309 g/mol. The first-order valence-electron chi connectivity index (χ1n) is 4.54. The number of aliphatic hydroxyl groups is 1. The van der Waals surface area contributed by atoms with Crippen LogP contribution in [0.15, 0.2) is 18.2 Å². The monoisotopic (exact) mass is 319 g/mol. The number of hydrogen-bond acceptors (Lipinski definition) is 3. The molecule has 0 saturated carbocycles. The van der Waals surface area contributed by atoms with E-state index in [1.807, 2.05) is 0 Å². The summed E-state index contributed by atoms with van der Waals surface area (Å²) in [7, 11) is 0. The molecule has 4 nitrogen and oxygen atoms in total. The fourth-order valence-electron chi connectivity index (χ4n) is 1.47. The Kier molecular flexibility index (Phi) is 2.83. The van der Waals surface area contributed by atoms with Crippen molar-refractivity contribution in [2.75, 3.05) is 13.1 Å². The fourth-order valence-corrected chi connectivity index (χ4v) is 1.96. The normalized spacial score (nSPS) is 16.3. The van der Waals surface area contributed by atoms with Crippen molar-refractivity contribution >= 4 is 28.5 Å². The molecule has 0 aliphatic carbocycles. The maximum atomic E-state index is 11.8. The first-order valence-corrected chi connectivity index (χ1v) is 5.61. The van der Waals surface area contributed by atoms with Gasteiger partial charge < -0.3 is 15.1 Å².